The number of hydrogen-bond donors (Lipinski definition) is 1. The molecule has 1 aliphatic heterocycles. The molecule has 2 saturated carbocycles. The maximum atomic E-state index is 13.3. The predicted octanol–water partition coefficient (Wildman–Crippen LogP) is 4.44. The zero-order valence-electron chi connectivity index (χ0n) is 18.7. The van der Waals surface area contributed by atoms with Crippen molar-refractivity contribution in [1.82, 2.24) is 9.62 Å². The van der Waals surface area contributed by atoms with Gasteiger partial charge in [-0.1, -0.05) is 32.9 Å². The summed E-state index contributed by atoms with van der Waals surface area (Å²) < 4.78 is 66.9. The van der Waals surface area contributed by atoms with Crippen LogP contribution in [-0.2, 0) is 21.0 Å². The minimum Gasteiger partial charge on any atom is -0.353 e. The number of carbonyl (C=O) groups is 1. The number of fused-ring (bicyclic) bond motifs is 2. The summed E-state index contributed by atoms with van der Waals surface area (Å²) in [6, 6.07) is 4.36. The van der Waals surface area contributed by atoms with Crippen LogP contribution in [0.2, 0.25) is 0 Å². The summed E-state index contributed by atoms with van der Waals surface area (Å²) in [6.45, 7) is 6.86. The van der Waals surface area contributed by atoms with Crippen LogP contribution in [0.15, 0.2) is 29.2 Å². The average Bonchev–Trinajstić information content (AvgIpc) is 3.07. The van der Waals surface area contributed by atoms with E-state index < -0.39 is 26.7 Å². The molecule has 3 unspecified atom stereocenters. The van der Waals surface area contributed by atoms with Crippen molar-refractivity contribution in [2.45, 2.75) is 70.0 Å². The van der Waals surface area contributed by atoms with Crippen molar-refractivity contribution in [1.29, 1.82) is 0 Å². The van der Waals surface area contributed by atoms with Gasteiger partial charge in [-0.05, 0) is 61.0 Å². The molecule has 3 atom stereocenters. The van der Waals surface area contributed by atoms with Gasteiger partial charge in [-0.2, -0.15) is 17.5 Å². The Morgan fingerprint density at radius 3 is 2.25 bits per heavy atom. The topological polar surface area (TPSA) is 66.5 Å². The third-order valence-corrected chi connectivity index (χ3v) is 10.7. The molecule has 1 saturated heterocycles. The highest BCUT2D eigenvalue weighted by molar-refractivity contribution is 7.89. The summed E-state index contributed by atoms with van der Waals surface area (Å²) in [5.41, 5.74) is -0.931. The Hall–Kier alpha value is -1.61. The van der Waals surface area contributed by atoms with E-state index in [1.54, 1.807) is 0 Å². The van der Waals surface area contributed by atoms with Gasteiger partial charge < -0.3 is 5.32 Å². The van der Waals surface area contributed by atoms with Crippen LogP contribution in [0.4, 0.5) is 13.2 Å². The molecule has 1 aromatic carbocycles. The minimum atomic E-state index is -4.76. The third-order valence-electron chi connectivity index (χ3n) is 8.75. The van der Waals surface area contributed by atoms with Gasteiger partial charge in [0.1, 0.15) is 0 Å². The smallest absolute Gasteiger partial charge is 0.353 e. The van der Waals surface area contributed by atoms with Gasteiger partial charge in [-0.15, -0.1) is 0 Å². The second kappa shape index (κ2) is 7.72. The lowest BCUT2D eigenvalue weighted by Crippen LogP contribution is -2.50. The van der Waals surface area contributed by atoms with Gasteiger partial charge in [0.25, 0.3) is 0 Å². The molecule has 0 aromatic heterocycles. The molecule has 178 valence electrons. The summed E-state index contributed by atoms with van der Waals surface area (Å²) >= 11 is 0. The fourth-order valence-electron chi connectivity index (χ4n) is 6.13. The van der Waals surface area contributed by atoms with Crippen molar-refractivity contribution in [3.8, 4) is 0 Å². The van der Waals surface area contributed by atoms with E-state index in [0.29, 0.717) is 18.8 Å². The Bertz CT molecular complexity index is 1000. The molecule has 2 bridgehead atoms. The molecule has 1 amide bonds. The Morgan fingerprint density at radius 2 is 1.72 bits per heavy atom. The zero-order chi connectivity index (χ0) is 23.5. The van der Waals surface area contributed by atoms with Crippen LogP contribution in [0.25, 0.3) is 0 Å². The SMILES string of the molecule is CC1(C)C2CCC1(C)C(NC(=O)C1CCN(S(=O)(=O)c3ccccc3C(F)(F)F)CC1)C2. The summed E-state index contributed by atoms with van der Waals surface area (Å²) in [5, 5.41) is 3.23. The quantitative estimate of drug-likeness (QED) is 0.705. The lowest BCUT2D eigenvalue weighted by Gasteiger charge is -2.40. The van der Waals surface area contributed by atoms with Crippen molar-refractivity contribution in [2.24, 2.45) is 22.7 Å². The lowest BCUT2D eigenvalue weighted by molar-refractivity contribution is -0.139. The number of alkyl halides is 3. The van der Waals surface area contributed by atoms with E-state index in [-0.39, 0.29) is 41.8 Å². The maximum absolute atomic E-state index is 13.3. The van der Waals surface area contributed by atoms with Crippen molar-refractivity contribution in [3.63, 3.8) is 0 Å². The Labute approximate surface area is 187 Å². The zero-order valence-corrected chi connectivity index (χ0v) is 19.5. The predicted molar refractivity (Wildman–Crippen MR) is 114 cm³/mol. The third kappa shape index (κ3) is 3.65. The van der Waals surface area contributed by atoms with E-state index in [0.717, 1.165) is 29.3 Å². The number of nitrogens with one attached hydrogen (secondary N) is 1. The highest BCUT2D eigenvalue weighted by Crippen LogP contribution is 2.65. The highest BCUT2D eigenvalue weighted by Gasteiger charge is 2.61. The van der Waals surface area contributed by atoms with Gasteiger partial charge in [0.2, 0.25) is 15.9 Å². The fraction of sp³-hybridized carbons (Fsp3) is 0.696. The monoisotopic (exact) mass is 472 g/mol. The van der Waals surface area contributed by atoms with E-state index in [9.17, 15) is 26.4 Å². The number of rotatable bonds is 4. The summed E-state index contributed by atoms with van der Waals surface area (Å²) in [7, 11) is -4.30. The Morgan fingerprint density at radius 1 is 1.09 bits per heavy atom. The van der Waals surface area contributed by atoms with Crippen LogP contribution in [0.3, 0.4) is 0 Å². The number of amides is 1. The number of nitrogens with zero attached hydrogens (tertiary/aromatic N) is 1. The van der Waals surface area contributed by atoms with E-state index >= 15 is 0 Å². The fourth-order valence-corrected chi connectivity index (χ4v) is 7.82. The molecule has 9 heteroatoms. The number of benzene rings is 1. The van der Waals surface area contributed by atoms with Gasteiger partial charge in [0.15, 0.2) is 0 Å². The molecule has 1 heterocycles. The first kappa shape index (κ1) is 23.5. The molecule has 0 spiro atoms. The van der Waals surface area contributed by atoms with Crippen molar-refractivity contribution in [3.05, 3.63) is 29.8 Å². The molecular weight excluding hydrogens is 441 g/mol. The normalized spacial score (nSPS) is 31.1. The molecule has 3 fully saturated rings. The summed E-state index contributed by atoms with van der Waals surface area (Å²) in [4.78, 5) is 12.2. The minimum absolute atomic E-state index is 0.0304. The van der Waals surface area contributed by atoms with Crippen molar-refractivity contribution < 1.29 is 26.4 Å². The molecule has 4 rings (SSSR count). The lowest BCUT2D eigenvalue weighted by atomic mass is 9.69. The van der Waals surface area contributed by atoms with Gasteiger partial charge in [-0.25, -0.2) is 8.42 Å². The maximum Gasteiger partial charge on any atom is 0.417 e. The number of halogens is 3. The Balaban J connectivity index is 1.41. The van der Waals surface area contributed by atoms with Crippen molar-refractivity contribution >= 4 is 15.9 Å². The summed E-state index contributed by atoms with van der Waals surface area (Å²) in [6.07, 6.45) is -0.912. The second-order valence-corrected chi connectivity index (χ2v) is 12.3. The van der Waals surface area contributed by atoms with Crippen LogP contribution in [0.1, 0.15) is 58.4 Å². The molecule has 3 aliphatic rings. The first-order chi connectivity index (χ1) is 14.8. The number of carbonyl (C=O) groups excluding carboxylic acids is 1. The second-order valence-electron chi connectivity index (χ2n) is 10.3. The van der Waals surface area contributed by atoms with Gasteiger partial charge in [0, 0.05) is 25.0 Å². The summed E-state index contributed by atoms with van der Waals surface area (Å²) in [5.74, 6) is 0.205. The van der Waals surface area contributed by atoms with Crippen LogP contribution >= 0.6 is 0 Å². The van der Waals surface area contributed by atoms with Crippen molar-refractivity contribution in [2.75, 3.05) is 13.1 Å². The van der Waals surface area contributed by atoms with E-state index in [1.807, 2.05) is 0 Å². The molecular formula is C23H31F3N2O3S. The largest absolute Gasteiger partial charge is 0.417 e. The van der Waals surface area contributed by atoms with Gasteiger partial charge in [0.05, 0.1) is 10.5 Å². The van der Waals surface area contributed by atoms with E-state index in [1.165, 1.54) is 18.6 Å². The van der Waals surface area contributed by atoms with Crippen LogP contribution in [0.5, 0.6) is 0 Å². The van der Waals surface area contributed by atoms with E-state index in [4.69, 9.17) is 0 Å². The molecule has 2 aliphatic carbocycles. The Kier molecular flexibility index (Phi) is 5.68. The number of sulfonamides is 1. The van der Waals surface area contributed by atoms with Crippen LogP contribution < -0.4 is 5.32 Å². The molecule has 0 radical (unpaired) electrons. The molecule has 1 N–H and O–H groups in total. The van der Waals surface area contributed by atoms with Gasteiger partial charge in [-0.3, -0.25) is 4.79 Å². The van der Waals surface area contributed by atoms with Crippen LogP contribution in [-0.4, -0.2) is 37.8 Å². The number of hydrogen-bond acceptors (Lipinski definition) is 3. The van der Waals surface area contributed by atoms with Crippen LogP contribution in [0, 0.1) is 22.7 Å². The first-order valence-electron chi connectivity index (χ1n) is 11.3. The average molecular weight is 473 g/mol. The first-order valence-corrected chi connectivity index (χ1v) is 12.7. The molecule has 1 aromatic rings. The van der Waals surface area contributed by atoms with E-state index in [2.05, 4.69) is 26.1 Å². The number of piperidine rings is 1. The highest BCUT2D eigenvalue weighted by atomic mass is 32.2. The standard InChI is InChI=1S/C23H31F3N2O3S/c1-21(2)16-8-11-22(21,3)19(14-16)27-20(29)15-9-12-28(13-10-15)32(30,31)18-7-5-4-6-17(18)23(24,25)26/h4-7,15-16,19H,8-14H2,1-3H3,(H,27,29). The molecule has 32 heavy (non-hydrogen) atoms. The van der Waals surface area contributed by atoms with Gasteiger partial charge >= 0.3 is 6.18 Å². The molecule has 5 nitrogen and oxygen atoms in total.